The Bertz CT molecular complexity index is 886. The third-order valence-electron chi connectivity index (χ3n) is 5.33. The topological polar surface area (TPSA) is 104 Å². The first-order valence-corrected chi connectivity index (χ1v) is 10.7. The zero-order valence-electron chi connectivity index (χ0n) is 15.2. The van der Waals surface area contributed by atoms with Crippen molar-refractivity contribution in [2.75, 3.05) is 39.3 Å². The van der Waals surface area contributed by atoms with Gasteiger partial charge in [-0.05, 0) is 37.1 Å². The number of carbonyl (C=O) groups is 3. The maximum absolute atomic E-state index is 12.5. The average Bonchev–Trinajstić information content (AvgIpc) is 3.29. The zero-order valence-corrected chi connectivity index (χ0v) is 16.1. The number of imide groups is 1. The van der Waals surface area contributed by atoms with Gasteiger partial charge in [0.25, 0.3) is 11.8 Å². The van der Waals surface area contributed by atoms with Crippen molar-refractivity contribution in [3.8, 4) is 0 Å². The van der Waals surface area contributed by atoms with Crippen LogP contribution >= 0.6 is 0 Å². The van der Waals surface area contributed by atoms with Gasteiger partial charge in [-0.15, -0.1) is 0 Å². The number of sulfonamides is 1. The molecule has 3 aliphatic rings. The van der Waals surface area contributed by atoms with Crippen LogP contribution in [0.4, 0.5) is 4.79 Å². The molecule has 0 atom stereocenters. The van der Waals surface area contributed by atoms with Crippen LogP contribution in [-0.4, -0.2) is 79.8 Å². The Morgan fingerprint density at radius 3 is 2.29 bits per heavy atom. The number of hydrogen-bond acceptors (Lipinski definition) is 6. The van der Waals surface area contributed by atoms with E-state index in [1.807, 2.05) is 0 Å². The molecule has 0 radical (unpaired) electrons. The molecule has 0 unspecified atom stereocenters. The Balaban J connectivity index is 1.35. The lowest BCUT2D eigenvalue weighted by atomic mass is 9.98. The number of rotatable bonds is 5. The van der Waals surface area contributed by atoms with Crippen LogP contribution < -0.4 is 0 Å². The molecule has 1 aromatic carbocycles. The normalized spacial score (nSPS) is 21.1. The Morgan fingerprint density at radius 2 is 1.71 bits per heavy atom. The van der Waals surface area contributed by atoms with Gasteiger partial charge in [-0.1, -0.05) is 0 Å². The molecule has 0 aliphatic carbocycles. The molecule has 28 heavy (non-hydrogen) atoms. The lowest BCUT2D eigenvalue weighted by molar-refractivity contribution is -0.126. The van der Waals surface area contributed by atoms with Crippen molar-refractivity contribution in [3.63, 3.8) is 0 Å². The number of hydrogen-bond donors (Lipinski definition) is 0. The number of likely N-dealkylation sites (tertiary alicyclic amines) is 1. The fourth-order valence-corrected chi connectivity index (χ4v) is 5.21. The van der Waals surface area contributed by atoms with Crippen molar-refractivity contribution in [2.24, 2.45) is 5.92 Å². The van der Waals surface area contributed by atoms with Crippen LogP contribution in [-0.2, 0) is 19.6 Å². The molecule has 3 amide bonds. The van der Waals surface area contributed by atoms with E-state index in [9.17, 15) is 22.8 Å². The van der Waals surface area contributed by atoms with E-state index < -0.39 is 16.1 Å². The Morgan fingerprint density at radius 1 is 1.07 bits per heavy atom. The van der Waals surface area contributed by atoms with Gasteiger partial charge < -0.3 is 9.64 Å². The molecule has 0 bridgehead atoms. The van der Waals surface area contributed by atoms with E-state index in [2.05, 4.69) is 4.74 Å². The summed E-state index contributed by atoms with van der Waals surface area (Å²) in [6.07, 6.45) is 1.10. The highest BCUT2D eigenvalue weighted by molar-refractivity contribution is 7.89. The first-order valence-electron chi connectivity index (χ1n) is 9.23. The van der Waals surface area contributed by atoms with E-state index in [4.69, 9.17) is 0 Å². The number of carbonyl (C=O) groups excluding carboxylic acids is 3. The minimum Gasteiger partial charge on any atom is -0.439 e. The molecule has 150 valence electrons. The lowest BCUT2D eigenvalue weighted by Crippen LogP contribution is -2.54. The largest absolute Gasteiger partial charge is 0.439 e. The summed E-state index contributed by atoms with van der Waals surface area (Å²) in [4.78, 5) is 38.4. The average molecular weight is 407 g/mol. The molecule has 3 saturated heterocycles. The second-order valence-corrected chi connectivity index (χ2v) is 9.21. The van der Waals surface area contributed by atoms with Crippen LogP contribution in [0.2, 0.25) is 0 Å². The molecular formula is C18H21N3O6S. The molecule has 0 aromatic heterocycles. The summed E-state index contributed by atoms with van der Waals surface area (Å²) >= 11 is 0. The number of amides is 3. The minimum absolute atomic E-state index is 0.0216. The van der Waals surface area contributed by atoms with E-state index in [-0.39, 0.29) is 35.8 Å². The fraction of sp³-hybridized carbons (Fsp3) is 0.500. The van der Waals surface area contributed by atoms with Gasteiger partial charge in [-0.3, -0.25) is 9.59 Å². The molecule has 9 nitrogen and oxygen atoms in total. The molecule has 3 fully saturated rings. The van der Waals surface area contributed by atoms with E-state index in [1.54, 1.807) is 4.90 Å². The second kappa shape index (κ2) is 7.17. The smallest absolute Gasteiger partial charge is 0.417 e. The van der Waals surface area contributed by atoms with Gasteiger partial charge in [0.1, 0.15) is 0 Å². The summed E-state index contributed by atoms with van der Waals surface area (Å²) in [5.41, 5.74) is 0.412. The lowest BCUT2D eigenvalue weighted by Gasteiger charge is -2.40. The van der Waals surface area contributed by atoms with Gasteiger partial charge in [-0.25, -0.2) is 18.1 Å². The SMILES string of the molecule is O=C(c1ccc(S(=O)(=O)N2CCCC2)cc1)N1CC(CN2C(=O)COC2=O)C1. The number of cyclic esters (lactones) is 1. The Kier molecular flexibility index (Phi) is 4.84. The van der Waals surface area contributed by atoms with Crippen LogP contribution in [0, 0.1) is 5.92 Å². The summed E-state index contributed by atoms with van der Waals surface area (Å²) in [6.45, 7) is 1.96. The summed E-state index contributed by atoms with van der Waals surface area (Å²) in [5.74, 6) is -0.533. The minimum atomic E-state index is -3.50. The molecule has 0 N–H and O–H groups in total. The first kappa shape index (κ1) is 18.9. The quantitative estimate of drug-likeness (QED) is 0.705. The first-order chi connectivity index (χ1) is 13.4. The van der Waals surface area contributed by atoms with Crippen molar-refractivity contribution < 1.29 is 27.5 Å². The summed E-state index contributed by atoms with van der Waals surface area (Å²) in [6, 6.07) is 5.99. The Labute approximate surface area is 162 Å². The van der Waals surface area contributed by atoms with Crippen molar-refractivity contribution in [2.45, 2.75) is 17.7 Å². The molecule has 3 heterocycles. The van der Waals surface area contributed by atoms with Crippen molar-refractivity contribution in [1.82, 2.24) is 14.1 Å². The standard InChI is InChI=1S/C18H21N3O6S/c22-16-12-27-18(24)21(16)11-13-9-19(10-13)17(23)14-3-5-15(6-4-14)28(25,26)20-7-1-2-8-20/h3-6,13H,1-2,7-12H2. The highest BCUT2D eigenvalue weighted by atomic mass is 32.2. The predicted octanol–water partition coefficient (Wildman–Crippen LogP) is 0.522. The summed E-state index contributed by atoms with van der Waals surface area (Å²) in [7, 11) is -3.50. The zero-order chi connectivity index (χ0) is 19.9. The van der Waals surface area contributed by atoms with E-state index in [1.165, 1.54) is 28.6 Å². The van der Waals surface area contributed by atoms with E-state index in [0.717, 1.165) is 17.7 Å². The van der Waals surface area contributed by atoms with Crippen molar-refractivity contribution >= 4 is 27.9 Å². The number of benzene rings is 1. The van der Waals surface area contributed by atoms with Crippen LogP contribution in [0.5, 0.6) is 0 Å². The molecule has 1 aromatic rings. The highest BCUT2D eigenvalue weighted by Crippen LogP contribution is 2.24. The highest BCUT2D eigenvalue weighted by Gasteiger charge is 2.38. The van der Waals surface area contributed by atoms with Gasteiger partial charge in [-0.2, -0.15) is 4.31 Å². The van der Waals surface area contributed by atoms with Crippen LogP contribution in [0.15, 0.2) is 29.2 Å². The molecular weight excluding hydrogens is 386 g/mol. The summed E-state index contributed by atoms with van der Waals surface area (Å²) in [5, 5.41) is 0. The monoisotopic (exact) mass is 407 g/mol. The molecule has 10 heteroatoms. The van der Waals surface area contributed by atoms with E-state index in [0.29, 0.717) is 31.7 Å². The fourth-order valence-electron chi connectivity index (χ4n) is 3.70. The van der Waals surface area contributed by atoms with Crippen molar-refractivity contribution in [3.05, 3.63) is 29.8 Å². The molecule has 0 spiro atoms. The summed E-state index contributed by atoms with van der Waals surface area (Å²) < 4.78 is 31.2. The van der Waals surface area contributed by atoms with Crippen LogP contribution in [0.3, 0.4) is 0 Å². The number of ether oxygens (including phenoxy) is 1. The van der Waals surface area contributed by atoms with Gasteiger partial charge in [0.2, 0.25) is 10.0 Å². The molecule has 3 aliphatic heterocycles. The molecule has 4 rings (SSSR count). The second-order valence-electron chi connectivity index (χ2n) is 7.27. The third-order valence-corrected chi connectivity index (χ3v) is 7.24. The molecule has 0 saturated carbocycles. The predicted molar refractivity (Wildman–Crippen MR) is 96.9 cm³/mol. The van der Waals surface area contributed by atoms with Gasteiger partial charge >= 0.3 is 6.09 Å². The maximum Gasteiger partial charge on any atom is 0.417 e. The van der Waals surface area contributed by atoms with E-state index >= 15 is 0 Å². The van der Waals surface area contributed by atoms with Crippen LogP contribution in [0.25, 0.3) is 0 Å². The number of nitrogens with zero attached hydrogens (tertiary/aromatic N) is 3. The Hall–Kier alpha value is -2.46. The van der Waals surface area contributed by atoms with Gasteiger partial charge in [0.05, 0.1) is 4.90 Å². The van der Waals surface area contributed by atoms with Gasteiger partial charge in [0, 0.05) is 44.2 Å². The van der Waals surface area contributed by atoms with Crippen molar-refractivity contribution in [1.29, 1.82) is 0 Å². The van der Waals surface area contributed by atoms with Gasteiger partial charge in [0.15, 0.2) is 6.61 Å². The van der Waals surface area contributed by atoms with Crippen LogP contribution in [0.1, 0.15) is 23.2 Å². The maximum atomic E-state index is 12.5. The third kappa shape index (κ3) is 3.37.